The summed E-state index contributed by atoms with van der Waals surface area (Å²) in [4.78, 5) is 13.2. The first-order valence-electron chi connectivity index (χ1n) is 8.39. The molecule has 2 aromatic heterocycles. The smallest absolute Gasteiger partial charge is 0.225 e. The Balaban J connectivity index is 1.83. The number of aromatic nitrogens is 3. The van der Waals surface area contributed by atoms with E-state index in [9.17, 15) is 4.39 Å². The van der Waals surface area contributed by atoms with Gasteiger partial charge in [0.2, 0.25) is 5.95 Å². The third-order valence-corrected chi connectivity index (χ3v) is 3.69. The molecule has 0 aliphatic carbocycles. The van der Waals surface area contributed by atoms with Gasteiger partial charge in [0.25, 0.3) is 0 Å². The second-order valence-electron chi connectivity index (χ2n) is 5.63. The second kappa shape index (κ2) is 8.87. The van der Waals surface area contributed by atoms with Gasteiger partial charge in [-0.15, -0.1) is 0 Å². The molecule has 0 bridgehead atoms. The SMILES string of the molecule is OCCCNc1nc(NCc2ccccc2F)cc(-c2ccccn2)n1. The summed E-state index contributed by atoms with van der Waals surface area (Å²) in [5.74, 6) is 0.730. The molecule has 26 heavy (non-hydrogen) atoms. The van der Waals surface area contributed by atoms with Crippen LogP contribution >= 0.6 is 0 Å². The van der Waals surface area contributed by atoms with Gasteiger partial charge in [-0.3, -0.25) is 4.98 Å². The summed E-state index contributed by atoms with van der Waals surface area (Å²) in [6.45, 7) is 0.946. The number of halogens is 1. The number of nitrogens with zero attached hydrogens (tertiary/aromatic N) is 3. The fraction of sp³-hybridized carbons (Fsp3) is 0.211. The molecular weight excluding hydrogens is 333 g/mol. The molecule has 0 atom stereocenters. The van der Waals surface area contributed by atoms with Crippen LogP contribution in [-0.4, -0.2) is 33.2 Å². The molecule has 0 radical (unpaired) electrons. The number of benzene rings is 1. The van der Waals surface area contributed by atoms with E-state index in [1.54, 1.807) is 30.5 Å². The zero-order chi connectivity index (χ0) is 18.2. The average molecular weight is 353 g/mol. The highest BCUT2D eigenvalue weighted by atomic mass is 19.1. The van der Waals surface area contributed by atoms with Gasteiger partial charge in [-0.25, -0.2) is 9.37 Å². The average Bonchev–Trinajstić information content (AvgIpc) is 2.68. The van der Waals surface area contributed by atoms with Crippen molar-refractivity contribution in [1.29, 1.82) is 0 Å². The van der Waals surface area contributed by atoms with Crippen LogP contribution < -0.4 is 10.6 Å². The molecule has 0 aliphatic rings. The first kappa shape index (κ1) is 17.8. The van der Waals surface area contributed by atoms with E-state index in [4.69, 9.17) is 5.11 Å². The van der Waals surface area contributed by atoms with E-state index in [2.05, 4.69) is 25.6 Å². The van der Waals surface area contributed by atoms with Gasteiger partial charge in [0.05, 0.1) is 11.4 Å². The van der Waals surface area contributed by atoms with E-state index in [-0.39, 0.29) is 12.4 Å². The molecule has 2 heterocycles. The van der Waals surface area contributed by atoms with E-state index in [1.165, 1.54) is 6.07 Å². The molecule has 3 aromatic rings. The Bertz CT molecular complexity index is 844. The van der Waals surface area contributed by atoms with Gasteiger partial charge in [0.15, 0.2) is 0 Å². The summed E-state index contributed by atoms with van der Waals surface area (Å²) >= 11 is 0. The molecule has 0 saturated heterocycles. The molecule has 0 amide bonds. The Labute approximate surface area is 151 Å². The van der Waals surface area contributed by atoms with E-state index < -0.39 is 0 Å². The maximum absolute atomic E-state index is 13.8. The topological polar surface area (TPSA) is 83.0 Å². The monoisotopic (exact) mass is 353 g/mol. The molecule has 134 valence electrons. The van der Waals surface area contributed by atoms with Crippen LogP contribution in [-0.2, 0) is 6.54 Å². The summed E-state index contributed by atoms with van der Waals surface area (Å²) in [6, 6.07) is 14.0. The minimum atomic E-state index is -0.264. The van der Waals surface area contributed by atoms with Crippen molar-refractivity contribution in [3.8, 4) is 11.4 Å². The molecule has 7 heteroatoms. The van der Waals surface area contributed by atoms with Gasteiger partial charge in [0.1, 0.15) is 11.6 Å². The van der Waals surface area contributed by atoms with Gasteiger partial charge in [0, 0.05) is 37.5 Å². The lowest BCUT2D eigenvalue weighted by Crippen LogP contribution is -2.10. The normalized spacial score (nSPS) is 10.5. The number of aliphatic hydroxyl groups excluding tert-OH is 1. The zero-order valence-corrected chi connectivity index (χ0v) is 14.2. The molecule has 0 saturated carbocycles. The van der Waals surface area contributed by atoms with Gasteiger partial charge < -0.3 is 15.7 Å². The van der Waals surface area contributed by atoms with Crippen molar-refractivity contribution in [3.05, 3.63) is 66.1 Å². The van der Waals surface area contributed by atoms with Crippen LogP contribution in [0.2, 0.25) is 0 Å². The highest BCUT2D eigenvalue weighted by Crippen LogP contribution is 2.20. The van der Waals surface area contributed by atoms with Gasteiger partial charge in [-0.1, -0.05) is 24.3 Å². The molecule has 3 rings (SSSR count). The van der Waals surface area contributed by atoms with Gasteiger partial charge in [-0.2, -0.15) is 4.98 Å². The number of rotatable bonds is 8. The molecule has 0 unspecified atom stereocenters. The molecule has 1 aromatic carbocycles. The van der Waals surface area contributed by atoms with Crippen LogP contribution in [0.25, 0.3) is 11.4 Å². The quantitative estimate of drug-likeness (QED) is 0.540. The number of hydrogen-bond donors (Lipinski definition) is 3. The van der Waals surface area contributed by atoms with Crippen LogP contribution in [0.4, 0.5) is 16.2 Å². The fourth-order valence-corrected chi connectivity index (χ4v) is 2.37. The Kier molecular flexibility index (Phi) is 6.05. The first-order chi connectivity index (χ1) is 12.8. The Morgan fingerprint density at radius 1 is 0.962 bits per heavy atom. The second-order valence-corrected chi connectivity index (χ2v) is 5.63. The highest BCUT2D eigenvalue weighted by Gasteiger charge is 2.08. The van der Waals surface area contributed by atoms with Crippen LogP contribution in [0.15, 0.2) is 54.7 Å². The van der Waals surface area contributed by atoms with E-state index >= 15 is 0 Å². The van der Waals surface area contributed by atoms with E-state index in [0.29, 0.717) is 48.2 Å². The van der Waals surface area contributed by atoms with Crippen LogP contribution in [0, 0.1) is 5.82 Å². The maximum atomic E-state index is 13.8. The van der Waals surface area contributed by atoms with Crippen molar-refractivity contribution >= 4 is 11.8 Å². The number of aliphatic hydroxyl groups is 1. The largest absolute Gasteiger partial charge is 0.396 e. The van der Waals surface area contributed by atoms with Crippen molar-refractivity contribution in [3.63, 3.8) is 0 Å². The maximum Gasteiger partial charge on any atom is 0.225 e. The number of nitrogens with one attached hydrogen (secondary N) is 2. The lowest BCUT2D eigenvalue weighted by atomic mass is 10.2. The predicted octanol–water partition coefficient (Wildman–Crippen LogP) is 3.08. The van der Waals surface area contributed by atoms with Crippen molar-refractivity contribution in [2.75, 3.05) is 23.8 Å². The van der Waals surface area contributed by atoms with Crippen molar-refractivity contribution in [2.24, 2.45) is 0 Å². The van der Waals surface area contributed by atoms with Crippen molar-refractivity contribution in [1.82, 2.24) is 15.0 Å². The predicted molar refractivity (Wildman–Crippen MR) is 99.2 cm³/mol. The Hall–Kier alpha value is -3.06. The van der Waals surface area contributed by atoms with Gasteiger partial charge in [-0.05, 0) is 24.6 Å². The number of hydrogen-bond acceptors (Lipinski definition) is 6. The molecular formula is C19H20FN5O. The van der Waals surface area contributed by atoms with E-state index in [0.717, 1.165) is 0 Å². The molecule has 0 fully saturated rings. The summed E-state index contributed by atoms with van der Waals surface area (Å²) in [6.07, 6.45) is 2.29. The van der Waals surface area contributed by atoms with Crippen LogP contribution in [0.1, 0.15) is 12.0 Å². The Morgan fingerprint density at radius 3 is 2.58 bits per heavy atom. The first-order valence-corrected chi connectivity index (χ1v) is 8.39. The summed E-state index contributed by atoms with van der Waals surface area (Å²) in [7, 11) is 0. The standard InChI is InChI=1S/C19H20FN5O/c20-15-7-2-1-6-14(15)13-23-18-12-17(16-8-3-4-9-21-16)24-19(25-18)22-10-5-11-26/h1-4,6-9,12,26H,5,10-11,13H2,(H2,22,23,24,25). The summed E-state index contributed by atoms with van der Waals surface area (Å²) in [5.41, 5.74) is 1.93. The minimum absolute atomic E-state index is 0.0886. The third kappa shape index (κ3) is 4.73. The van der Waals surface area contributed by atoms with Crippen LogP contribution in [0.3, 0.4) is 0 Å². The molecule has 0 aliphatic heterocycles. The number of anilines is 2. The van der Waals surface area contributed by atoms with Gasteiger partial charge >= 0.3 is 0 Å². The fourth-order valence-electron chi connectivity index (χ4n) is 2.37. The summed E-state index contributed by atoms with van der Waals surface area (Å²) < 4.78 is 13.8. The lowest BCUT2D eigenvalue weighted by Gasteiger charge is -2.11. The highest BCUT2D eigenvalue weighted by molar-refractivity contribution is 5.61. The molecule has 6 nitrogen and oxygen atoms in total. The minimum Gasteiger partial charge on any atom is -0.396 e. The van der Waals surface area contributed by atoms with Crippen molar-refractivity contribution < 1.29 is 9.50 Å². The van der Waals surface area contributed by atoms with Crippen molar-refractivity contribution in [2.45, 2.75) is 13.0 Å². The zero-order valence-electron chi connectivity index (χ0n) is 14.2. The molecule has 0 spiro atoms. The van der Waals surface area contributed by atoms with E-state index in [1.807, 2.05) is 18.2 Å². The molecule has 3 N–H and O–H groups in total. The van der Waals surface area contributed by atoms with Crippen LogP contribution in [0.5, 0.6) is 0 Å². The Morgan fingerprint density at radius 2 is 1.81 bits per heavy atom. The number of pyridine rings is 1. The third-order valence-electron chi connectivity index (χ3n) is 3.69. The summed E-state index contributed by atoms with van der Waals surface area (Å²) in [5, 5.41) is 15.1. The lowest BCUT2D eigenvalue weighted by molar-refractivity contribution is 0.292.